The van der Waals surface area contributed by atoms with E-state index in [1.54, 1.807) is 29.0 Å². The zero-order valence-corrected chi connectivity index (χ0v) is 17.6. The first-order valence-electron chi connectivity index (χ1n) is 10.5. The minimum Gasteiger partial charge on any atom is -0.595 e. The standard InChI is InChI=1S/C23H24N4O5/c1-32-11-10-25-13-20(28)26-19(23(25)29)12-17-16-4-2-3-5-18(16)24-21(17)22(26)14-6-8-15(9-7-14)27(30)31/h2-9,19,22,24,27,30H,10-13H2,1H3. The van der Waals surface area contributed by atoms with Gasteiger partial charge in [-0.2, -0.15) is 5.23 Å². The first-order valence-corrected chi connectivity index (χ1v) is 10.5. The Morgan fingerprint density at radius 1 is 1.19 bits per heavy atom. The van der Waals surface area contributed by atoms with Gasteiger partial charge in [0.25, 0.3) is 0 Å². The Hall–Kier alpha value is -3.24. The molecule has 3 aromatic rings. The molecule has 166 valence electrons. The largest absolute Gasteiger partial charge is 0.595 e. The summed E-state index contributed by atoms with van der Waals surface area (Å²) >= 11 is 0. The van der Waals surface area contributed by atoms with Gasteiger partial charge < -0.3 is 24.7 Å². The Bertz CT molecular complexity index is 1170. The molecular weight excluding hydrogens is 412 g/mol. The molecule has 5 rings (SSSR count). The fourth-order valence-corrected chi connectivity index (χ4v) is 4.87. The number of H-pyrrole nitrogens is 1. The van der Waals surface area contributed by atoms with Crippen LogP contribution in [0.3, 0.4) is 0 Å². The molecule has 2 aromatic carbocycles. The number of carbonyl (C=O) groups excluding carboxylic acids is 2. The number of methoxy groups -OCH3 is 1. The van der Waals surface area contributed by atoms with Crippen molar-refractivity contribution in [2.75, 3.05) is 26.8 Å². The molecule has 2 aliphatic heterocycles. The maximum absolute atomic E-state index is 13.4. The number of benzene rings is 2. The van der Waals surface area contributed by atoms with Crippen molar-refractivity contribution in [1.82, 2.24) is 14.8 Å². The van der Waals surface area contributed by atoms with Gasteiger partial charge in [0.2, 0.25) is 11.8 Å². The van der Waals surface area contributed by atoms with Crippen LogP contribution < -0.4 is 5.23 Å². The van der Waals surface area contributed by atoms with Crippen molar-refractivity contribution in [3.63, 3.8) is 0 Å². The lowest BCUT2D eigenvalue weighted by atomic mass is 9.86. The molecule has 3 unspecified atom stereocenters. The van der Waals surface area contributed by atoms with Gasteiger partial charge in [0, 0.05) is 48.8 Å². The molecule has 0 spiro atoms. The first kappa shape index (κ1) is 20.7. The fourth-order valence-electron chi connectivity index (χ4n) is 4.87. The molecule has 3 atom stereocenters. The maximum atomic E-state index is 13.4. The normalized spacial score (nSPS) is 21.6. The van der Waals surface area contributed by atoms with Crippen LogP contribution >= 0.6 is 0 Å². The quantitative estimate of drug-likeness (QED) is 0.515. The third-order valence-corrected chi connectivity index (χ3v) is 6.38. The summed E-state index contributed by atoms with van der Waals surface area (Å²) in [5, 5.41) is 20.6. The number of piperazine rings is 1. The van der Waals surface area contributed by atoms with E-state index in [0.717, 1.165) is 27.7 Å². The van der Waals surface area contributed by atoms with Crippen LogP contribution in [-0.4, -0.2) is 64.7 Å². The van der Waals surface area contributed by atoms with Crippen LogP contribution in [0.2, 0.25) is 0 Å². The number of fused-ring (bicyclic) bond motifs is 4. The molecule has 0 aliphatic carbocycles. The Morgan fingerprint density at radius 3 is 2.66 bits per heavy atom. The summed E-state index contributed by atoms with van der Waals surface area (Å²) in [6.45, 7) is 0.728. The second-order valence-corrected chi connectivity index (χ2v) is 8.17. The van der Waals surface area contributed by atoms with Gasteiger partial charge >= 0.3 is 0 Å². The van der Waals surface area contributed by atoms with Gasteiger partial charge in [-0.1, -0.05) is 30.3 Å². The topological polar surface area (TPSA) is 113 Å². The lowest BCUT2D eigenvalue weighted by molar-refractivity contribution is -0.991. The highest BCUT2D eigenvalue weighted by molar-refractivity contribution is 5.97. The lowest BCUT2D eigenvalue weighted by Crippen LogP contribution is -2.99. The van der Waals surface area contributed by atoms with Crippen molar-refractivity contribution >= 4 is 28.4 Å². The second-order valence-electron chi connectivity index (χ2n) is 8.17. The lowest BCUT2D eigenvalue weighted by Gasteiger charge is -2.47. The Kier molecular flexibility index (Phi) is 5.18. The van der Waals surface area contributed by atoms with Gasteiger partial charge in [0.05, 0.1) is 19.2 Å². The SMILES string of the molecule is COCCN1CC(=O)N2C(Cc3c([nH]c4ccccc34)C2c2ccc([NH+]([O-])O)cc2)C1=O. The van der Waals surface area contributed by atoms with E-state index in [9.17, 15) is 20.0 Å². The predicted octanol–water partition coefficient (Wildman–Crippen LogP) is 0.903. The predicted molar refractivity (Wildman–Crippen MR) is 115 cm³/mol. The number of quaternary nitrogens is 1. The molecule has 3 heterocycles. The number of nitrogens with zero attached hydrogens (tertiary/aromatic N) is 2. The monoisotopic (exact) mass is 436 g/mol. The Labute approximate surface area is 184 Å². The van der Waals surface area contributed by atoms with Crippen molar-refractivity contribution in [2.45, 2.75) is 18.5 Å². The number of para-hydroxylation sites is 1. The molecule has 1 fully saturated rings. The maximum Gasteiger partial charge on any atom is 0.246 e. The minimum absolute atomic E-state index is 0.00202. The van der Waals surface area contributed by atoms with Crippen LogP contribution in [0.15, 0.2) is 48.5 Å². The van der Waals surface area contributed by atoms with Gasteiger partial charge in [0.15, 0.2) is 5.69 Å². The molecule has 1 aromatic heterocycles. The molecule has 3 N–H and O–H groups in total. The number of rotatable bonds is 5. The molecule has 32 heavy (non-hydrogen) atoms. The van der Waals surface area contributed by atoms with E-state index < -0.39 is 17.3 Å². The third kappa shape index (κ3) is 3.26. The molecule has 9 heteroatoms. The first-order chi connectivity index (χ1) is 15.5. The van der Waals surface area contributed by atoms with Gasteiger partial charge in [0.1, 0.15) is 6.04 Å². The van der Waals surface area contributed by atoms with Crippen LogP contribution in [-0.2, 0) is 20.7 Å². The number of amides is 2. The van der Waals surface area contributed by atoms with E-state index >= 15 is 0 Å². The molecule has 9 nitrogen and oxygen atoms in total. The van der Waals surface area contributed by atoms with Crippen LogP contribution in [0.25, 0.3) is 10.9 Å². The number of aromatic nitrogens is 1. The van der Waals surface area contributed by atoms with E-state index in [-0.39, 0.29) is 24.0 Å². The van der Waals surface area contributed by atoms with Crippen molar-refractivity contribution in [2.24, 2.45) is 0 Å². The number of ether oxygens (including phenoxy) is 1. The summed E-state index contributed by atoms with van der Waals surface area (Å²) in [5.74, 6) is -0.230. The van der Waals surface area contributed by atoms with Gasteiger partial charge in [-0.25, -0.2) is 5.21 Å². The average molecular weight is 436 g/mol. The van der Waals surface area contributed by atoms with Crippen LogP contribution in [0, 0.1) is 5.21 Å². The zero-order chi connectivity index (χ0) is 22.4. The minimum atomic E-state index is -1.01. The van der Waals surface area contributed by atoms with Crippen molar-refractivity contribution < 1.29 is 24.8 Å². The molecule has 2 aliphatic rings. The van der Waals surface area contributed by atoms with Crippen LogP contribution in [0.5, 0.6) is 0 Å². The molecule has 2 amide bonds. The number of carbonyl (C=O) groups is 2. The second kappa shape index (κ2) is 8.03. The summed E-state index contributed by atoms with van der Waals surface area (Å²) in [5.41, 5.74) is 3.77. The highest BCUT2D eigenvalue weighted by atomic mass is 16.8. The molecular formula is C23H24N4O5. The molecule has 0 radical (unpaired) electrons. The number of aromatic amines is 1. The summed E-state index contributed by atoms with van der Waals surface area (Å²) < 4.78 is 5.11. The molecule has 1 saturated heterocycles. The molecule has 0 bridgehead atoms. The van der Waals surface area contributed by atoms with Crippen LogP contribution in [0.1, 0.15) is 22.9 Å². The fraction of sp³-hybridized carbons (Fsp3) is 0.304. The number of hydrogen-bond donors (Lipinski definition) is 3. The molecule has 0 saturated carbocycles. The summed E-state index contributed by atoms with van der Waals surface area (Å²) in [6, 6.07) is 13.3. The van der Waals surface area contributed by atoms with E-state index in [1.807, 2.05) is 24.3 Å². The van der Waals surface area contributed by atoms with E-state index in [1.165, 1.54) is 12.1 Å². The van der Waals surface area contributed by atoms with Gasteiger partial charge in [-0.3, -0.25) is 9.59 Å². The summed E-state index contributed by atoms with van der Waals surface area (Å²) in [6.07, 6.45) is 0.428. The van der Waals surface area contributed by atoms with Crippen molar-refractivity contribution in [3.8, 4) is 0 Å². The smallest absolute Gasteiger partial charge is 0.246 e. The summed E-state index contributed by atoms with van der Waals surface area (Å²) in [4.78, 5) is 33.4. The summed E-state index contributed by atoms with van der Waals surface area (Å²) in [7, 11) is 1.57. The third-order valence-electron chi connectivity index (χ3n) is 6.38. The highest BCUT2D eigenvalue weighted by Crippen LogP contribution is 2.42. The van der Waals surface area contributed by atoms with E-state index in [4.69, 9.17) is 4.74 Å². The Balaban J connectivity index is 1.64. The Morgan fingerprint density at radius 2 is 1.94 bits per heavy atom. The number of hydrogen-bond acceptors (Lipinski definition) is 5. The highest BCUT2D eigenvalue weighted by Gasteiger charge is 2.48. The number of nitrogens with one attached hydrogen (secondary N) is 2. The van der Waals surface area contributed by atoms with E-state index in [2.05, 4.69) is 4.98 Å². The van der Waals surface area contributed by atoms with Crippen molar-refractivity contribution in [1.29, 1.82) is 0 Å². The average Bonchev–Trinajstić information content (AvgIpc) is 3.17. The van der Waals surface area contributed by atoms with Crippen molar-refractivity contribution in [3.05, 3.63) is 70.6 Å². The van der Waals surface area contributed by atoms with E-state index in [0.29, 0.717) is 19.6 Å². The van der Waals surface area contributed by atoms with Gasteiger partial charge in [-0.05, 0) is 17.2 Å². The van der Waals surface area contributed by atoms with Crippen LogP contribution in [0.4, 0.5) is 5.69 Å². The zero-order valence-electron chi connectivity index (χ0n) is 17.6. The van der Waals surface area contributed by atoms with Gasteiger partial charge in [-0.15, -0.1) is 0 Å².